The van der Waals surface area contributed by atoms with Gasteiger partial charge in [-0.3, -0.25) is 4.79 Å². The van der Waals surface area contributed by atoms with Crippen LogP contribution < -0.4 is 5.32 Å². The summed E-state index contributed by atoms with van der Waals surface area (Å²) in [5.74, 6) is 2.25. The number of fused-ring (bicyclic) bond motifs is 1. The fourth-order valence-corrected chi connectivity index (χ4v) is 6.02. The van der Waals surface area contributed by atoms with Crippen molar-refractivity contribution in [1.82, 2.24) is 9.78 Å². The Balaban J connectivity index is 1.58. The molecule has 1 atom stereocenters. The lowest BCUT2D eigenvalue weighted by molar-refractivity contribution is -0.111. The number of carbonyl (C=O) groups excluding carboxylic acids is 1. The van der Waals surface area contributed by atoms with E-state index in [0.717, 1.165) is 28.3 Å². The quantitative estimate of drug-likeness (QED) is 0.813. The van der Waals surface area contributed by atoms with E-state index in [-0.39, 0.29) is 23.5 Å². The molecule has 2 aromatic rings. The van der Waals surface area contributed by atoms with Gasteiger partial charge in [0.15, 0.2) is 9.84 Å². The van der Waals surface area contributed by atoms with Gasteiger partial charge in [-0.1, -0.05) is 30.3 Å². The number of rotatable bonds is 4. The Morgan fingerprint density at radius 3 is 2.81 bits per heavy atom. The Labute approximate surface area is 156 Å². The van der Waals surface area contributed by atoms with Crippen LogP contribution in [0.1, 0.15) is 29.3 Å². The van der Waals surface area contributed by atoms with Crippen molar-refractivity contribution in [1.29, 1.82) is 0 Å². The van der Waals surface area contributed by atoms with Crippen molar-refractivity contribution >= 4 is 39.4 Å². The lowest BCUT2D eigenvalue weighted by atomic mass is 10.2. The van der Waals surface area contributed by atoms with E-state index >= 15 is 0 Å². The zero-order valence-electron chi connectivity index (χ0n) is 14.1. The average molecular weight is 390 g/mol. The van der Waals surface area contributed by atoms with Crippen LogP contribution >= 0.6 is 11.8 Å². The molecule has 136 valence electrons. The maximum absolute atomic E-state index is 12.4. The molecule has 0 radical (unpaired) electrons. The summed E-state index contributed by atoms with van der Waals surface area (Å²) in [6, 6.07) is 9.39. The monoisotopic (exact) mass is 389 g/mol. The van der Waals surface area contributed by atoms with Crippen molar-refractivity contribution in [2.45, 2.75) is 24.0 Å². The Morgan fingerprint density at radius 2 is 2.08 bits per heavy atom. The number of nitrogens with one attached hydrogen (secondary N) is 1. The van der Waals surface area contributed by atoms with Crippen molar-refractivity contribution < 1.29 is 13.2 Å². The lowest BCUT2D eigenvalue weighted by Crippen LogP contribution is -2.19. The molecule has 3 heterocycles. The fourth-order valence-electron chi connectivity index (χ4n) is 3.29. The molecule has 1 aromatic heterocycles. The van der Waals surface area contributed by atoms with Crippen LogP contribution in [0.4, 0.5) is 5.82 Å². The van der Waals surface area contributed by atoms with Gasteiger partial charge in [-0.15, -0.1) is 0 Å². The minimum atomic E-state index is -3.02. The first-order chi connectivity index (χ1) is 12.5. The Morgan fingerprint density at radius 1 is 1.27 bits per heavy atom. The smallest absolute Gasteiger partial charge is 0.249 e. The van der Waals surface area contributed by atoms with Gasteiger partial charge in [-0.05, 0) is 18.1 Å². The van der Waals surface area contributed by atoms with Gasteiger partial charge in [0.2, 0.25) is 5.91 Å². The Kier molecular flexibility index (Phi) is 4.62. The Hall–Kier alpha value is -2.06. The first-order valence-corrected chi connectivity index (χ1v) is 11.4. The zero-order chi connectivity index (χ0) is 18.1. The zero-order valence-corrected chi connectivity index (χ0v) is 15.7. The molecule has 8 heteroatoms. The molecular formula is C18H19N3O3S2. The van der Waals surface area contributed by atoms with Gasteiger partial charge in [0.25, 0.3) is 0 Å². The largest absolute Gasteiger partial charge is 0.307 e. The number of aromatic nitrogens is 2. The third kappa shape index (κ3) is 3.57. The average Bonchev–Trinajstić information content (AvgIpc) is 3.30. The highest BCUT2D eigenvalue weighted by Crippen LogP contribution is 2.38. The van der Waals surface area contributed by atoms with Gasteiger partial charge in [0.1, 0.15) is 5.82 Å². The van der Waals surface area contributed by atoms with Crippen LogP contribution in [0.25, 0.3) is 6.08 Å². The van der Waals surface area contributed by atoms with E-state index in [1.54, 1.807) is 22.5 Å². The van der Waals surface area contributed by atoms with Crippen LogP contribution in [-0.4, -0.2) is 35.6 Å². The minimum absolute atomic E-state index is 0.0867. The van der Waals surface area contributed by atoms with Crippen LogP contribution in [0, 0.1) is 0 Å². The Bertz CT molecular complexity index is 965. The van der Waals surface area contributed by atoms with Crippen LogP contribution in [0.2, 0.25) is 0 Å². The molecule has 1 amide bonds. The molecule has 6 nitrogen and oxygen atoms in total. The number of sulfone groups is 1. The molecule has 0 saturated carbocycles. The summed E-state index contributed by atoms with van der Waals surface area (Å²) < 4.78 is 25.4. The molecule has 2 aliphatic heterocycles. The first-order valence-electron chi connectivity index (χ1n) is 8.44. The summed E-state index contributed by atoms with van der Waals surface area (Å²) in [5.41, 5.74) is 2.90. The molecule has 0 aliphatic carbocycles. The molecule has 1 fully saturated rings. The van der Waals surface area contributed by atoms with E-state index < -0.39 is 9.84 Å². The molecule has 26 heavy (non-hydrogen) atoms. The molecule has 0 spiro atoms. The third-order valence-electron chi connectivity index (χ3n) is 4.60. The fraction of sp³-hybridized carbons (Fsp3) is 0.333. The number of hydrogen-bond acceptors (Lipinski definition) is 5. The highest BCUT2D eigenvalue weighted by atomic mass is 32.2. The van der Waals surface area contributed by atoms with E-state index in [9.17, 15) is 13.2 Å². The van der Waals surface area contributed by atoms with Crippen molar-refractivity contribution in [2.24, 2.45) is 0 Å². The van der Waals surface area contributed by atoms with Crippen molar-refractivity contribution in [3.63, 3.8) is 0 Å². The maximum atomic E-state index is 12.4. The number of hydrogen-bond donors (Lipinski definition) is 1. The van der Waals surface area contributed by atoms with Gasteiger partial charge in [-0.25, -0.2) is 13.1 Å². The number of benzene rings is 1. The lowest BCUT2D eigenvalue weighted by Gasteiger charge is -2.14. The van der Waals surface area contributed by atoms with Crippen LogP contribution in [-0.2, 0) is 26.1 Å². The third-order valence-corrected chi connectivity index (χ3v) is 7.32. The van der Waals surface area contributed by atoms with Gasteiger partial charge < -0.3 is 5.32 Å². The standard InChI is InChI=1S/C18H19N3O3S2/c22-17(7-6-13-4-2-1-3-5-13)19-18-15-10-25-11-16(15)20-21(18)14-8-9-26(23,24)12-14/h1-7,14H,8-12H2,(H,19,22)/b7-6-. The summed E-state index contributed by atoms with van der Waals surface area (Å²) in [7, 11) is -3.02. The van der Waals surface area contributed by atoms with Crippen molar-refractivity contribution in [2.75, 3.05) is 16.8 Å². The number of nitrogens with zero attached hydrogens (tertiary/aromatic N) is 2. The predicted molar refractivity (Wildman–Crippen MR) is 104 cm³/mol. The second-order valence-electron chi connectivity index (χ2n) is 6.50. The summed E-state index contributed by atoms with van der Waals surface area (Å²) in [4.78, 5) is 12.4. The van der Waals surface area contributed by atoms with Crippen LogP contribution in [0.5, 0.6) is 0 Å². The molecule has 1 unspecified atom stereocenters. The second kappa shape index (κ2) is 6.92. The van der Waals surface area contributed by atoms with Crippen molar-refractivity contribution in [3.8, 4) is 0 Å². The van der Waals surface area contributed by atoms with Gasteiger partial charge in [0.05, 0.1) is 23.2 Å². The molecule has 2 aliphatic rings. The molecule has 1 saturated heterocycles. The SMILES string of the molecule is O=C(/C=C\c1ccccc1)Nc1c2c(nn1C1CCS(=O)(=O)C1)CSC2. The first kappa shape index (κ1) is 17.4. The number of thioether (sulfide) groups is 1. The molecule has 4 rings (SSSR count). The summed E-state index contributed by atoms with van der Waals surface area (Å²) >= 11 is 1.75. The molecule has 1 aromatic carbocycles. The summed E-state index contributed by atoms with van der Waals surface area (Å²) in [6.07, 6.45) is 3.79. The van der Waals surface area contributed by atoms with E-state index in [1.807, 2.05) is 30.3 Å². The van der Waals surface area contributed by atoms with Crippen LogP contribution in [0.3, 0.4) is 0 Å². The second-order valence-corrected chi connectivity index (χ2v) is 9.72. The van der Waals surface area contributed by atoms with Gasteiger partial charge >= 0.3 is 0 Å². The normalized spacial score (nSPS) is 21.2. The molecular weight excluding hydrogens is 370 g/mol. The summed E-state index contributed by atoms with van der Waals surface area (Å²) in [5, 5.41) is 7.53. The summed E-state index contributed by atoms with van der Waals surface area (Å²) in [6.45, 7) is 0. The van der Waals surface area contributed by atoms with Gasteiger partial charge in [-0.2, -0.15) is 16.9 Å². The van der Waals surface area contributed by atoms with E-state index in [2.05, 4.69) is 10.4 Å². The number of anilines is 1. The minimum Gasteiger partial charge on any atom is -0.307 e. The topological polar surface area (TPSA) is 81.1 Å². The van der Waals surface area contributed by atoms with E-state index in [4.69, 9.17) is 0 Å². The molecule has 1 N–H and O–H groups in total. The van der Waals surface area contributed by atoms with Crippen molar-refractivity contribution in [3.05, 3.63) is 53.2 Å². The van der Waals surface area contributed by atoms with Gasteiger partial charge in [0, 0.05) is 23.1 Å². The van der Waals surface area contributed by atoms with E-state index in [1.165, 1.54) is 6.08 Å². The highest BCUT2D eigenvalue weighted by molar-refractivity contribution is 7.98. The van der Waals surface area contributed by atoms with E-state index in [0.29, 0.717) is 12.2 Å². The van der Waals surface area contributed by atoms with Crippen LogP contribution in [0.15, 0.2) is 36.4 Å². The number of amides is 1. The maximum Gasteiger partial charge on any atom is 0.249 e. The number of carbonyl (C=O) groups is 1. The predicted octanol–water partition coefficient (Wildman–Crippen LogP) is 2.64. The molecule has 0 bridgehead atoms. The highest BCUT2D eigenvalue weighted by Gasteiger charge is 2.34.